The van der Waals surface area contributed by atoms with Crippen molar-refractivity contribution >= 4 is 28.4 Å². The number of aromatic nitrogens is 2. The number of hydrogen-bond donors (Lipinski definition) is 1. The first-order chi connectivity index (χ1) is 10.2. The van der Waals surface area contributed by atoms with Gasteiger partial charge in [-0.1, -0.05) is 24.3 Å². The molecule has 1 N–H and O–H groups in total. The largest absolute Gasteiger partial charge is 0.357 e. The highest BCUT2D eigenvalue weighted by atomic mass is 19.1. The lowest BCUT2D eigenvalue weighted by Gasteiger charge is -2.21. The summed E-state index contributed by atoms with van der Waals surface area (Å²) in [5.74, 6) is 0.885. The van der Waals surface area contributed by atoms with Crippen LogP contribution in [-0.4, -0.2) is 24.1 Å². The van der Waals surface area contributed by atoms with Gasteiger partial charge in [0, 0.05) is 19.5 Å². The number of anilines is 3. The first-order valence-corrected chi connectivity index (χ1v) is 6.63. The molecule has 0 atom stereocenters. The average molecular weight is 282 g/mol. The maximum absolute atomic E-state index is 14.0. The zero-order valence-electron chi connectivity index (χ0n) is 11.8. The van der Waals surface area contributed by atoms with Crippen LogP contribution in [0.2, 0.25) is 0 Å². The van der Waals surface area contributed by atoms with Gasteiger partial charge >= 0.3 is 0 Å². The van der Waals surface area contributed by atoms with Crippen LogP contribution >= 0.6 is 0 Å². The molecule has 0 aliphatic rings. The molecule has 4 nitrogen and oxygen atoms in total. The molecule has 0 spiro atoms. The molecule has 1 aromatic heterocycles. The van der Waals surface area contributed by atoms with Crippen LogP contribution in [-0.2, 0) is 0 Å². The van der Waals surface area contributed by atoms with Crippen molar-refractivity contribution in [3.05, 3.63) is 54.3 Å². The van der Waals surface area contributed by atoms with E-state index in [1.807, 2.05) is 24.3 Å². The van der Waals surface area contributed by atoms with Gasteiger partial charge in [0.2, 0.25) is 5.95 Å². The first kappa shape index (κ1) is 13.3. The van der Waals surface area contributed by atoms with Gasteiger partial charge < -0.3 is 10.2 Å². The predicted octanol–water partition coefficient (Wildman–Crippen LogP) is 3.58. The Morgan fingerprint density at radius 3 is 2.48 bits per heavy atom. The normalized spacial score (nSPS) is 10.6. The average Bonchev–Trinajstić information content (AvgIpc) is 2.53. The van der Waals surface area contributed by atoms with Gasteiger partial charge in [-0.25, -0.2) is 9.37 Å². The van der Waals surface area contributed by atoms with E-state index >= 15 is 0 Å². The van der Waals surface area contributed by atoms with Crippen molar-refractivity contribution in [2.75, 3.05) is 24.3 Å². The van der Waals surface area contributed by atoms with Gasteiger partial charge in [-0.15, -0.1) is 0 Å². The van der Waals surface area contributed by atoms with E-state index in [9.17, 15) is 4.39 Å². The van der Waals surface area contributed by atoms with E-state index in [0.29, 0.717) is 17.5 Å². The summed E-state index contributed by atoms with van der Waals surface area (Å²) in [7, 11) is 3.56. The molecule has 21 heavy (non-hydrogen) atoms. The molecule has 0 unspecified atom stereocenters. The van der Waals surface area contributed by atoms with E-state index in [-0.39, 0.29) is 5.82 Å². The van der Waals surface area contributed by atoms with Crippen molar-refractivity contribution in [2.45, 2.75) is 0 Å². The van der Waals surface area contributed by atoms with E-state index < -0.39 is 0 Å². The van der Waals surface area contributed by atoms with Crippen molar-refractivity contribution in [2.24, 2.45) is 0 Å². The Morgan fingerprint density at radius 1 is 1.00 bits per heavy atom. The molecule has 106 valence electrons. The van der Waals surface area contributed by atoms with Gasteiger partial charge in [-0.3, -0.25) is 0 Å². The number of nitrogens with one attached hydrogen (secondary N) is 1. The van der Waals surface area contributed by atoms with Gasteiger partial charge in [-0.05, 0) is 24.3 Å². The lowest BCUT2D eigenvalue weighted by Crippen LogP contribution is -2.14. The molecular formula is C16H15FN4. The highest BCUT2D eigenvalue weighted by molar-refractivity contribution is 5.92. The third kappa shape index (κ3) is 2.38. The highest BCUT2D eigenvalue weighted by Gasteiger charge is 2.14. The molecule has 0 fully saturated rings. The minimum Gasteiger partial charge on any atom is -0.357 e. The number of hydrogen-bond acceptors (Lipinski definition) is 4. The molecule has 3 rings (SSSR count). The second-order valence-corrected chi connectivity index (χ2v) is 4.65. The van der Waals surface area contributed by atoms with Crippen LogP contribution in [0.1, 0.15) is 0 Å². The van der Waals surface area contributed by atoms with Crippen LogP contribution in [0.15, 0.2) is 48.5 Å². The van der Waals surface area contributed by atoms with Gasteiger partial charge in [0.05, 0.1) is 11.2 Å². The summed E-state index contributed by atoms with van der Waals surface area (Å²) in [5.41, 5.74) is 1.29. The molecule has 0 amide bonds. The van der Waals surface area contributed by atoms with E-state index in [1.54, 1.807) is 37.2 Å². The zero-order chi connectivity index (χ0) is 14.8. The smallest absolute Gasteiger partial charge is 0.224 e. The Bertz CT molecular complexity index is 788. The number of fused-ring (bicyclic) bond motifs is 1. The molecule has 3 aromatic rings. The predicted molar refractivity (Wildman–Crippen MR) is 83.5 cm³/mol. The third-order valence-electron chi connectivity index (χ3n) is 3.34. The van der Waals surface area contributed by atoms with Gasteiger partial charge in [0.15, 0.2) is 0 Å². The highest BCUT2D eigenvalue weighted by Crippen LogP contribution is 2.30. The van der Waals surface area contributed by atoms with Gasteiger partial charge in [0.25, 0.3) is 0 Å². The van der Waals surface area contributed by atoms with Crippen molar-refractivity contribution in [3.8, 4) is 0 Å². The maximum atomic E-state index is 14.0. The van der Waals surface area contributed by atoms with E-state index in [4.69, 9.17) is 0 Å². The van der Waals surface area contributed by atoms with E-state index in [2.05, 4.69) is 15.3 Å². The summed E-state index contributed by atoms with van der Waals surface area (Å²) in [4.78, 5) is 10.6. The Morgan fingerprint density at radius 2 is 1.71 bits per heavy atom. The van der Waals surface area contributed by atoms with Crippen LogP contribution in [0.3, 0.4) is 0 Å². The molecule has 0 aliphatic carbocycles. The molecule has 1 heterocycles. The Labute approximate surface area is 122 Å². The maximum Gasteiger partial charge on any atom is 0.224 e. The van der Waals surface area contributed by atoms with Crippen LogP contribution in [0.5, 0.6) is 0 Å². The minimum atomic E-state index is -0.284. The summed E-state index contributed by atoms with van der Waals surface area (Å²) in [6.07, 6.45) is 0. The second-order valence-electron chi connectivity index (χ2n) is 4.65. The SMILES string of the molecule is CNc1nc(N(C)c2ccccc2F)c2ccccc2n1. The van der Waals surface area contributed by atoms with Crippen molar-refractivity contribution in [3.63, 3.8) is 0 Å². The lowest BCUT2D eigenvalue weighted by atomic mass is 10.2. The number of nitrogens with zero attached hydrogens (tertiary/aromatic N) is 3. The number of halogens is 1. The molecule has 0 saturated heterocycles. The number of rotatable bonds is 3. The third-order valence-corrected chi connectivity index (χ3v) is 3.34. The van der Waals surface area contributed by atoms with Gasteiger partial charge in [0.1, 0.15) is 11.6 Å². The van der Waals surface area contributed by atoms with Crippen LogP contribution in [0.4, 0.5) is 21.8 Å². The molecule has 0 aliphatic heterocycles. The second kappa shape index (κ2) is 5.36. The molecular weight excluding hydrogens is 267 g/mol. The molecule has 5 heteroatoms. The standard InChI is InChI=1S/C16H15FN4/c1-18-16-19-13-9-5-3-7-11(13)15(20-16)21(2)14-10-6-4-8-12(14)17/h3-10H,1-2H3,(H,18,19,20). The summed E-state index contributed by atoms with van der Waals surface area (Å²) in [6.45, 7) is 0. The topological polar surface area (TPSA) is 41.1 Å². The summed E-state index contributed by atoms with van der Waals surface area (Å²) >= 11 is 0. The lowest BCUT2D eigenvalue weighted by molar-refractivity contribution is 0.627. The molecule has 0 radical (unpaired) electrons. The Hall–Kier alpha value is -2.69. The molecule has 0 bridgehead atoms. The van der Waals surface area contributed by atoms with Crippen LogP contribution < -0.4 is 10.2 Å². The fourth-order valence-electron chi connectivity index (χ4n) is 2.27. The van der Waals surface area contributed by atoms with Crippen molar-refractivity contribution in [1.29, 1.82) is 0 Å². The van der Waals surface area contributed by atoms with Crippen LogP contribution in [0, 0.1) is 5.82 Å². The van der Waals surface area contributed by atoms with E-state index in [1.165, 1.54) is 6.07 Å². The van der Waals surface area contributed by atoms with Crippen molar-refractivity contribution < 1.29 is 4.39 Å². The fraction of sp³-hybridized carbons (Fsp3) is 0.125. The number of benzene rings is 2. The first-order valence-electron chi connectivity index (χ1n) is 6.63. The minimum absolute atomic E-state index is 0.284. The summed E-state index contributed by atoms with van der Waals surface area (Å²) in [6, 6.07) is 14.3. The zero-order valence-corrected chi connectivity index (χ0v) is 11.8. The van der Waals surface area contributed by atoms with Gasteiger partial charge in [-0.2, -0.15) is 4.98 Å². The monoisotopic (exact) mass is 282 g/mol. The molecule has 0 saturated carbocycles. The quantitative estimate of drug-likeness (QED) is 0.797. The van der Waals surface area contributed by atoms with Crippen LogP contribution in [0.25, 0.3) is 10.9 Å². The Kier molecular flexibility index (Phi) is 3.39. The number of para-hydroxylation sites is 2. The van der Waals surface area contributed by atoms with E-state index in [0.717, 1.165) is 10.9 Å². The summed E-state index contributed by atoms with van der Waals surface area (Å²) < 4.78 is 14.0. The fourth-order valence-corrected chi connectivity index (χ4v) is 2.27. The Balaban J connectivity index is 2.21. The van der Waals surface area contributed by atoms with Crippen molar-refractivity contribution in [1.82, 2.24) is 9.97 Å². The summed E-state index contributed by atoms with van der Waals surface area (Å²) in [5, 5.41) is 3.81. The molecule has 2 aromatic carbocycles.